The van der Waals surface area contributed by atoms with E-state index in [2.05, 4.69) is 34.6 Å². The zero-order chi connectivity index (χ0) is 17.5. The molecule has 2 aliphatic rings. The number of aryl methyl sites for hydroxylation is 1. The summed E-state index contributed by atoms with van der Waals surface area (Å²) in [4.78, 5) is 12.3. The van der Waals surface area contributed by atoms with Crippen LogP contribution >= 0.6 is 0 Å². The first-order chi connectivity index (χ1) is 11.2. The van der Waals surface area contributed by atoms with Crippen LogP contribution < -0.4 is 9.47 Å². The van der Waals surface area contributed by atoms with Gasteiger partial charge in [0.25, 0.3) is 0 Å². The van der Waals surface area contributed by atoms with Crippen LogP contribution in [0.25, 0.3) is 0 Å². The van der Waals surface area contributed by atoms with E-state index in [1.54, 1.807) is 0 Å². The highest BCUT2D eigenvalue weighted by atomic mass is 16.7. The Morgan fingerprint density at radius 2 is 1.88 bits per heavy atom. The van der Waals surface area contributed by atoms with Crippen molar-refractivity contribution in [3.05, 3.63) is 23.8 Å². The summed E-state index contributed by atoms with van der Waals surface area (Å²) in [7, 11) is 0. The second-order valence-corrected chi connectivity index (χ2v) is 8.25. The number of carbonyl (C=O) groups excluding carboxylic acids is 1. The molecule has 1 aliphatic carbocycles. The molecule has 3 rings (SSSR count). The molecule has 2 atom stereocenters. The highest BCUT2D eigenvalue weighted by Crippen LogP contribution is 2.56. The number of ether oxygens (including phenoxy) is 3. The normalized spacial score (nSPS) is 26.4. The van der Waals surface area contributed by atoms with Gasteiger partial charge in [-0.15, -0.1) is 0 Å². The molecule has 1 heterocycles. The predicted molar refractivity (Wildman–Crippen MR) is 92.1 cm³/mol. The molecule has 1 aromatic carbocycles. The number of hydrogen-bond donors (Lipinski definition) is 0. The van der Waals surface area contributed by atoms with Crippen molar-refractivity contribution in [1.82, 2.24) is 0 Å². The maximum absolute atomic E-state index is 12.3. The van der Waals surface area contributed by atoms with Crippen LogP contribution in [-0.2, 0) is 16.0 Å². The molecular weight excluding hydrogens is 304 g/mol. The molecule has 0 saturated heterocycles. The van der Waals surface area contributed by atoms with Gasteiger partial charge in [-0.1, -0.05) is 40.7 Å². The molecule has 24 heavy (non-hydrogen) atoms. The molecule has 0 spiro atoms. The molecule has 1 aliphatic heterocycles. The standard InChI is InChI=1S/C20H28O4/c1-13-10-17(20(4,5)19(13,2)3)24-18(21)9-7-14-6-8-15-16(11-14)23-12-22-15/h6,8,11,13,17H,7,9-10,12H2,1-5H3. The molecule has 4 heteroatoms. The van der Waals surface area contributed by atoms with Gasteiger partial charge >= 0.3 is 5.97 Å². The molecule has 0 amide bonds. The average molecular weight is 332 g/mol. The van der Waals surface area contributed by atoms with Crippen molar-refractivity contribution in [2.24, 2.45) is 16.7 Å². The zero-order valence-electron chi connectivity index (χ0n) is 15.3. The van der Waals surface area contributed by atoms with Crippen molar-refractivity contribution in [1.29, 1.82) is 0 Å². The van der Waals surface area contributed by atoms with Gasteiger partial charge in [0.2, 0.25) is 6.79 Å². The van der Waals surface area contributed by atoms with Crippen molar-refractivity contribution >= 4 is 5.97 Å². The van der Waals surface area contributed by atoms with Crippen LogP contribution in [0, 0.1) is 16.7 Å². The Balaban J connectivity index is 1.57. The van der Waals surface area contributed by atoms with E-state index < -0.39 is 0 Å². The monoisotopic (exact) mass is 332 g/mol. The molecule has 1 aromatic rings. The third-order valence-corrected chi connectivity index (χ3v) is 6.59. The van der Waals surface area contributed by atoms with Crippen molar-refractivity contribution in [3.63, 3.8) is 0 Å². The van der Waals surface area contributed by atoms with Crippen LogP contribution in [-0.4, -0.2) is 18.9 Å². The van der Waals surface area contributed by atoms with E-state index in [4.69, 9.17) is 14.2 Å². The summed E-state index contributed by atoms with van der Waals surface area (Å²) in [6.07, 6.45) is 1.98. The smallest absolute Gasteiger partial charge is 0.306 e. The van der Waals surface area contributed by atoms with Gasteiger partial charge in [-0.05, 0) is 41.9 Å². The summed E-state index contributed by atoms with van der Waals surface area (Å²) in [5.74, 6) is 1.95. The molecule has 4 nitrogen and oxygen atoms in total. The van der Waals surface area contributed by atoms with Crippen LogP contribution in [0.15, 0.2) is 18.2 Å². The molecule has 0 aromatic heterocycles. The van der Waals surface area contributed by atoms with Crippen molar-refractivity contribution in [2.45, 2.75) is 60.0 Å². The first kappa shape index (κ1) is 17.1. The fourth-order valence-corrected chi connectivity index (χ4v) is 3.72. The maximum Gasteiger partial charge on any atom is 0.306 e. The first-order valence-corrected chi connectivity index (χ1v) is 8.80. The lowest BCUT2D eigenvalue weighted by atomic mass is 9.67. The van der Waals surface area contributed by atoms with Crippen molar-refractivity contribution in [2.75, 3.05) is 6.79 Å². The molecule has 132 valence electrons. The van der Waals surface area contributed by atoms with Gasteiger partial charge in [-0.25, -0.2) is 0 Å². The van der Waals surface area contributed by atoms with E-state index in [1.807, 2.05) is 18.2 Å². The number of esters is 1. The minimum Gasteiger partial charge on any atom is -0.462 e. The molecule has 1 saturated carbocycles. The SMILES string of the molecule is CC1CC(OC(=O)CCc2ccc3c(c2)OCO3)C(C)(C)C1(C)C. The highest BCUT2D eigenvalue weighted by molar-refractivity contribution is 5.70. The van der Waals surface area contributed by atoms with E-state index in [0.717, 1.165) is 23.5 Å². The fraction of sp³-hybridized carbons (Fsp3) is 0.650. The van der Waals surface area contributed by atoms with Crippen LogP contribution in [0.5, 0.6) is 11.5 Å². The third kappa shape index (κ3) is 2.87. The fourth-order valence-electron chi connectivity index (χ4n) is 3.72. The Morgan fingerprint density at radius 3 is 2.54 bits per heavy atom. The van der Waals surface area contributed by atoms with Crippen LogP contribution in [0.1, 0.15) is 53.0 Å². The van der Waals surface area contributed by atoms with Crippen LogP contribution in [0.2, 0.25) is 0 Å². The predicted octanol–water partition coefficient (Wildman–Crippen LogP) is 4.35. The lowest BCUT2D eigenvalue weighted by Gasteiger charge is -2.40. The van der Waals surface area contributed by atoms with E-state index in [1.165, 1.54) is 0 Å². The van der Waals surface area contributed by atoms with Crippen LogP contribution in [0.3, 0.4) is 0 Å². The Labute approximate surface area is 144 Å². The molecule has 2 unspecified atom stereocenters. The van der Waals surface area contributed by atoms with Crippen molar-refractivity contribution < 1.29 is 19.0 Å². The molecule has 1 fully saturated rings. The van der Waals surface area contributed by atoms with E-state index >= 15 is 0 Å². The lowest BCUT2D eigenvalue weighted by molar-refractivity contribution is -0.155. The van der Waals surface area contributed by atoms with E-state index in [9.17, 15) is 4.79 Å². The number of fused-ring (bicyclic) bond motifs is 1. The van der Waals surface area contributed by atoms with Gasteiger partial charge in [0.05, 0.1) is 0 Å². The first-order valence-electron chi connectivity index (χ1n) is 8.80. The van der Waals surface area contributed by atoms with Gasteiger partial charge in [0.1, 0.15) is 6.10 Å². The number of hydrogen-bond acceptors (Lipinski definition) is 4. The summed E-state index contributed by atoms with van der Waals surface area (Å²) < 4.78 is 16.5. The minimum atomic E-state index is -0.115. The van der Waals surface area contributed by atoms with Crippen LogP contribution in [0.4, 0.5) is 0 Å². The largest absolute Gasteiger partial charge is 0.462 e. The number of rotatable bonds is 4. The second-order valence-electron chi connectivity index (χ2n) is 8.25. The summed E-state index contributed by atoms with van der Waals surface area (Å²) in [6.45, 7) is 11.5. The third-order valence-electron chi connectivity index (χ3n) is 6.59. The minimum absolute atomic E-state index is 0.00764. The maximum atomic E-state index is 12.3. The quantitative estimate of drug-likeness (QED) is 0.769. The zero-order valence-corrected chi connectivity index (χ0v) is 15.3. The second kappa shape index (κ2) is 5.98. The van der Waals surface area contributed by atoms with Gasteiger partial charge in [0.15, 0.2) is 11.5 Å². The summed E-state index contributed by atoms with van der Waals surface area (Å²) in [5, 5.41) is 0. The summed E-state index contributed by atoms with van der Waals surface area (Å²) in [6, 6.07) is 5.82. The highest BCUT2D eigenvalue weighted by Gasteiger charge is 2.54. The average Bonchev–Trinajstić information content (AvgIpc) is 3.04. The van der Waals surface area contributed by atoms with Gasteiger partial charge in [-0.2, -0.15) is 0 Å². The lowest BCUT2D eigenvalue weighted by Crippen LogP contribution is -2.38. The molecule has 0 N–H and O–H groups in total. The molecule has 0 bridgehead atoms. The number of benzene rings is 1. The Bertz CT molecular complexity index is 633. The Morgan fingerprint density at radius 1 is 1.17 bits per heavy atom. The summed E-state index contributed by atoms with van der Waals surface area (Å²) >= 11 is 0. The van der Waals surface area contributed by atoms with Gasteiger partial charge in [0, 0.05) is 11.8 Å². The Hall–Kier alpha value is -1.71. The summed E-state index contributed by atoms with van der Waals surface area (Å²) in [5.41, 5.74) is 1.21. The van der Waals surface area contributed by atoms with Crippen molar-refractivity contribution in [3.8, 4) is 11.5 Å². The number of carbonyl (C=O) groups is 1. The van der Waals surface area contributed by atoms with E-state index in [-0.39, 0.29) is 29.7 Å². The molecule has 0 radical (unpaired) electrons. The Kier molecular flexibility index (Phi) is 4.27. The molecular formula is C20H28O4. The van der Waals surface area contributed by atoms with Gasteiger partial charge in [-0.3, -0.25) is 4.79 Å². The topological polar surface area (TPSA) is 44.8 Å². The van der Waals surface area contributed by atoms with E-state index in [0.29, 0.717) is 18.8 Å². The van der Waals surface area contributed by atoms with Gasteiger partial charge < -0.3 is 14.2 Å².